The Bertz CT molecular complexity index is 477. The van der Waals surface area contributed by atoms with Crippen molar-refractivity contribution in [2.75, 3.05) is 5.32 Å². The fourth-order valence-electron chi connectivity index (χ4n) is 1.19. The van der Waals surface area contributed by atoms with Gasteiger partial charge in [-0.3, -0.25) is 10.3 Å². The second kappa shape index (κ2) is 5.03. The molecule has 2 N–H and O–H groups in total. The van der Waals surface area contributed by atoms with Crippen molar-refractivity contribution in [1.29, 1.82) is 0 Å². The monoisotopic (exact) mass is 252 g/mol. The number of carbonyl (C=O) groups excluding carboxylic acids is 1. The second-order valence-electron chi connectivity index (χ2n) is 4.79. The fourth-order valence-corrected chi connectivity index (χ4v) is 1.19. The van der Waals surface area contributed by atoms with Crippen molar-refractivity contribution < 1.29 is 19.4 Å². The Morgan fingerprint density at radius 2 is 2.00 bits per heavy atom. The lowest BCUT2D eigenvalue weighted by atomic mass is 10.2. The number of nitrogens with zero attached hydrogens (tertiary/aromatic N) is 1. The summed E-state index contributed by atoms with van der Waals surface area (Å²) >= 11 is 0. The highest BCUT2D eigenvalue weighted by Gasteiger charge is 2.17. The SMILES string of the molecule is Cc1ncc(C(=O)O)cc1NC(=O)OC(C)(C)C. The molecular formula is C12H16N2O4. The molecule has 0 unspecified atom stereocenters. The molecule has 1 rings (SSSR count). The summed E-state index contributed by atoms with van der Waals surface area (Å²) in [5.41, 5.74) is 0.234. The van der Waals surface area contributed by atoms with Crippen LogP contribution in [0.5, 0.6) is 0 Å². The molecule has 6 nitrogen and oxygen atoms in total. The van der Waals surface area contributed by atoms with Gasteiger partial charge in [0.25, 0.3) is 0 Å². The van der Waals surface area contributed by atoms with Gasteiger partial charge in [-0.15, -0.1) is 0 Å². The Labute approximate surface area is 105 Å². The van der Waals surface area contributed by atoms with Gasteiger partial charge in [0.1, 0.15) is 5.60 Å². The lowest BCUT2D eigenvalue weighted by Crippen LogP contribution is -2.27. The number of nitrogens with one attached hydrogen (secondary N) is 1. The van der Waals surface area contributed by atoms with E-state index in [4.69, 9.17) is 9.84 Å². The van der Waals surface area contributed by atoms with Crippen molar-refractivity contribution in [3.8, 4) is 0 Å². The number of aryl methyl sites for hydroxylation is 1. The molecule has 0 saturated heterocycles. The lowest BCUT2D eigenvalue weighted by Gasteiger charge is -2.20. The van der Waals surface area contributed by atoms with Gasteiger partial charge in [0.15, 0.2) is 0 Å². The van der Waals surface area contributed by atoms with Crippen molar-refractivity contribution in [2.45, 2.75) is 33.3 Å². The number of amides is 1. The van der Waals surface area contributed by atoms with Crippen molar-refractivity contribution in [3.05, 3.63) is 23.5 Å². The highest BCUT2D eigenvalue weighted by atomic mass is 16.6. The van der Waals surface area contributed by atoms with Crippen LogP contribution in [-0.4, -0.2) is 27.8 Å². The average Bonchev–Trinajstić information content (AvgIpc) is 2.18. The van der Waals surface area contributed by atoms with Gasteiger partial charge in [-0.1, -0.05) is 0 Å². The molecule has 0 aliphatic carbocycles. The maximum absolute atomic E-state index is 11.6. The molecule has 1 amide bonds. The zero-order valence-electron chi connectivity index (χ0n) is 10.8. The highest BCUT2D eigenvalue weighted by Crippen LogP contribution is 2.16. The number of carboxylic acids is 1. The van der Waals surface area contributed by atoms with Crippen LogP contribution in [0, 0.1) is 6.92 Å². The molecule has 0 aliphatic heterocycles. The standard InChI is InChI=1S/C12H16N2O4/c1-7-9(5-8(6-13-7)10(15)16)14-11(17)18-12(2,3)4/h5-6H,1-4H3,(H,14,17)(H,15,16). The summed E-state index contributed by atoms with van der Waals surface area (Å²) in [6, 6.07) is 1.34. The van der Waals surface area contributed by atoms with Crippen LogP contribution in [0.15, 0.2) is 12.3 Å². The predicted octanol–water partition coefficient (Wildman–Crippen LogP) is 2.44. The van der Waals surface area contributed by atoms with E-state index >= 15 is 0 Å². The highest BCUT2D eigenvalue weighted by molar-refractivity contribution is 5.91. The van der Waals surface area contributed by atoms with E-state index in [0.29, 0.717) is 11.4 Å². The Hall–Kier alpha value is -2.11. The first-order valence-electron chi connectivity index (χ1n) is 5.39. The molecule has 1 aromatic heterocycles. The van der Waals surface area contributed by atoms with Gasteiger partial charge in [-0.2, -0.15) is 0 Å². The third-order valence-electron chi connectivity index (χ3n) is 1.97. The van der Waals surface area contributed by atoms with Crippen molar-refractivity contribution in [3.63, 3.8) is 0 Å². The molecule has 1 aromatic rings. The Morgan fingerprint density at radius 1 is 1.39 bits per heavy atom. The molecule has 1 heterocycles. The van der Waals surface area contributed by atoms with E-state index in [9.17, 15) is 9.59 Å². The molecule has 98 valence electrons. The molecule has 0 spiro atoms. The van der Waals surface area contributed by atoms with Crippen LogP contribution in [0.25, 0.3) is 0 Å². The third kappa shape index (κ3) is 4.04. The molecule has 0 fully saturated rings. The molecule has 0 atom stereocenters. The van der Waals surface area contributed by atoms with Gasteiger partial charge in [-0.25, -0.2) is 9.59 Å². The van der Waals surface area contributed by atoms with Crippen LogP contribution in [0.4, 0.5) is 10.5 Å². The van der Waals surface area contributed by atoms with E-state index in [-0.39, 0.29) is 5.56 Å². The molecule has 0 aromatic carbocycles. The number of rotatable bonds is 2. The summed E-state index contributed by atoms with van der Waals surface area (Å²) in [5, 5.41) is 11.3. The number of aromatic carboxylic acids is 1. The molecule has 0 aliphatic rings. The molecule has 0 saturated carbocycles. The van der Waals surface area contributed by atoms with E-state index in [2.05, 4.69) is 10.3 Å². The Balaban J connectivity index is 2.87. The van der Waals surface area contributed by atoms with E-state index in [1.165, 1.54) is 12.3 Å². The quantitative estimate of drug-likeness (QED) is 0.843. The molecule has 18 heavy (non-hydrogen) atoms. The smallest absolute Gasteiger partial charge is 0.412 e. The normalized spacial score (nSPS) is 10.9. The van der Waals surface area contributed by atoms with Gasteiger partial charge in [0.2, 0.25) is 0 Å². The van der Waals surface area contributed by atoms with Gasteiger partial charge in [-0.05, 0) is 33.8 Å². The van der Waals surface area contributed by atoms with Crippen LogP contribution in [0.3, 0.4) is 0 Å². The van der Waals surface area contributed by atoms with Crippen molar-refractivity contribution >= 4 is 17.7 Å². The first-order chi connectivity index (χ1) is 8.19. The fraction of sp³-hybridized carbons (Fsp3) is 0.417. The summed E-state index contributed by atoms with van der Waals surface area (Å²) in [6.45, 7) is 6.89. The van der Waals surface area contributed by atoms with Gasteiger partial charge >= 0.3 is 12.1 Å². The predicted molar refractivity (Wildman–Crippen MR) is 65.8 cm³/mol. The largest absolute Gasteiger partial charge is 0.478 e. The number of ether oxygens (including phenoxy) is 1. The van der Waals surface area contributed by atoms with E-state index in [1.54, 1.807) is 27.7 Å². The van der Waals surface area contributed by atoms with Gasteiger partial charge in [0.05, 0.1) is 16.9 Å². The summed E-state index contributed by atoms with van der Waals surface area (Å²) < 4.78 is 5.07. The van der Waals surface area contributed by atoms with Gasteiger partial charge in [0, 0.05) is 6.20 Å². The van der Waals surface area contributed by atoms with E-state index < -0.39 is 17.7 Å². The van der Waals surface area contributed by atoms with Crippen molar-refractivity contribution in [2.24, 2.45) is 0 Å². The summed E-state index contributed by atoms with van der Waals surface area (Å²) in [6.07, 6.45) is 0.590. The number of pyridine rings is 1. The van der Waals surface area contributed by atoms with Crippen LogP contribution >= 0.6 is 0 Å². The van der Waals surface area contributed by atoms with Crippen LogP contribution in [0.2, 0.25) is 0 Å². The van der Waals surface area contributed by atoms with Crippen LogP contribution in [0.1, 0.15) is 36.8 Å². The lowest BCUT2D eigenvalue weighted by molar-refractivity contribution is 0.0632. The second-order valence-corrected chi connectivity index (χ2v) is 4.79. The number of aromatic nitrogens is 1. The number of hydrogen-bond donors (Lipinski definition) is 2. The maximum Gasteiger partial charge on any atom is 0.412 e. The Morgan fingerprint density at radius 3 is 2.50 bits per heavy atom. The number of carbonyl (C=O) groups is 2. The summed E-state index contributed by atoms with van der Waals surface area (Å²) in [7, 11) is 0. The maximum atomic E-state index is 11.6. The minimum absolute atomic E-state index is 0.00617. The van der Waals surface area contributed by atoms with Gasteiger partial charge < -0.3 is 9.84 Å². The molecular weight excluding hydrogens is 236 g/mol. The zero-order chi connectivity index (χ0) is 13.9. The molecule has 0 bridgehead atoms. The topological polar surface area (TPSA) is 88.5 Å². The number of hydrogen-bond acceptors (Lipinski definition) is 4. The van der Waals surface area contributed by atoms with Crippen LogP contribution in [-0.2, 0) is 4.74 Å². The molecule has 6 heteroatoms. The Kier molecular flexibility index (Phi) is 3.90. The van der Waals surface area contributed by atoms with Crippen molar-refractivity contribution in [1.82, 2.24) is 4.98 Å². The molecule has 0 radical (unpaired) electrons. The minimum Gasteiger partial charge on any atom is -0.478 e. The first kappa shape index (κ1) is 14.0. The first-order valence-corrected chi connectivity index (χ1v) is 5.39. The summed E-state index contributed by atoms with van der Waals surface area (Å²) in [5.74, 6) is -1.10. The van der Waals surface area contributed by atoms with E-state index in [0.717, 1.165) is 0 Å². The number of anilines is 1. The zero-order valence-corrected chi connectivity index (χ0v) is 10.8. The summed E-state index contributed by atoms with van der Waals surface area (Å²) in [4.78, 5) is 26.2. The minimum atomic E-state index is -1.10. The number of carboxylic acid groups (broad SMARTS) is 1. The van der Waals surface area contributed by atoms with Crippen LogP contribution < -0.4 is 5.32 Å². The third-order valence-corrected chi connectivity index (χ3v) is 1.97. The average molecular weight is 252 g/mol. The van der Waals surface area contributed by atoms with E-state index in [1.807, 2.05) is 0 Å².